The number of halogens is 3. The van der Waals surface area contributed by atoms with Crippen LogP contribution in [-0.4, -0.2) is 55.5 Å². The van der Waals surface area contributed by atoms with Crippen LogP contribution in [0.5, 0.6) is 0 Å². The first-order chi connectivity index (χ1) is 20.9. The number of benzene rings is 1. The summed E-state index contributed by atoms with van der Waals surface area (Å²) in [5, 5.41) is 0.436. The number of aromatic nitrogens is 4. The highest BCUT2D eigenvalue weighted by atomic mass is 35.5. The monoisotopic (exact) mass is 637 g/mol. The van der Waals surface area contributed by atoms with E-state index in [0.717, 1.165) is 5.56 Å². The van der Waals surface area contributed by atoms with E-state index in [9.17, 15) is 9.59 Å². The third-order valence-electron chi connectivity index (χ3n) is 8.07. The van der Waals surface area contributed by atoms with Crippen LogP contribution < -0.4 is 16.3 Å². The van der Waals surface area contributed by atoms with Gasteiger partial charge in [0.2, 0.25) is 5.91 Å². The van der Waals surface area contributed by atoms with Crippen molar-refractivity contribution in [3.8, 4) is 16.9 Å². The molecule has 1 amide bonds. The van der Waals surface area contributed by atoms with E-state index in [1.54, 1.807) is 17.2 Å². The predicted octanol–water partition coefficient (Wildman–Crippen LogP) is 6.17. The molecule has 0 saturated carbocycles. The molecule has 44 heavy (non-hydrogen) atoms. The minimum absolute atomic E-state index is 0.0396. The van der Waals surface area contributed by atoms with Crippen LogP contribution in [0.15, 0.2) is 47.9 Å². The van der Waals surface area contributed by atoms with E-state index in [-0.39, 0.29) is 56.5 Å². The van der Waals surface area contributed by atoms with Gasteiger partial charge >= 0.3 is 5.69 Å². The van der Waals surface area contributed by atoms with Crippen LogP contribution in [0, 0.1) is 5.82 Å². The largest absolute Gasteiger partial charge is 0.398 e. The molecule has 0 bridgehead atoms. The van der Waals surface area contributed by atoms with Gasteiger partial charge in [-0.3, -0.25) is 9.78 Å². The molecule has 0 spiro atoms. The molecule has 2 N–H and O–H groups in total. The summed E-state index contributed by atoms with van der Waals surface area (Å²) in [7, 11) is 0. The molecule has 0 aliphatic carbocycles. The molecular formula is C32H34Cl2FN7O2. The van der Waals surface area contributed by atoms with Gasteiger partial charge in [0.15, 0.2) is 11.5 Å². The molecule has 4 aromatic rings. The highest BCUT2D eigenvalue weighted by Crippen LogP contribution is 2.40. The van der Waals surface area contributed by atoms with Gasteiger partial charge < -0.3 is 15.5 Å². The quantitative estimate of drug-likeness (QED) is 0.199. The third-order valence-corrected chi connectivity index (χ3v) is 8.65. The van der Waals surface area contributed by atoms with E-state index in [4.69, 9.17) is 33.9 Å². The minimum atomic E-state index is -0.771. The fourth-order valence-electron chi connectivity index (χ4n) is 5.83. The van der Waals surface area contributed by atoms with Gasteiger partial charge in [-0.15, -0.1) is 0 Å². The lowest BCUT2D eigenvalue weighted by molar-refractivity contribution is -0.128. The number of rotatable bonds is 6. The van der Waals surface area contributed by atoms with Crippen LogP contribution in [0.4, 0.5) is 15.9 Å². The van der Waals surface area contributed by atoms with Crippen LogP contribution in [-0.2, 0) is 11.2 Å². The van der Waals surface area contributed by atoms with Gasteiger partial charge in [-0.05, 0) is 62.1 Å². The number of carbonyl (C=O) groups excluding carboxylic acids is 1. The van der Waals surface area contributed by atoms with Crippen molar-refractivity contribution < 1.29 is 9.18 Å². The number of aryl methyl sites for hydroxylation is 1. The Hall–Kier alpha value is -4.02. The second-order valence-corrected chi connectivity index (χ2v) is 12.1. The second kappa shape index (κ2) is 12.2. The first kappa shape index (κ1) is 31.4. The highest BCUT2D eigenvalue weighted by Gasteiger charge is 2.34. The zero-order valence-electron chi connectivity index (χ0n) is 25.2. The summed E-state index contributed by atoms with van der Waals surface area (Å²) in [6.07, 6.45) is 3.63. The number of pyridine rings is 2. The van der Waals surface area contributed by atoms with Gasteiger partial charge in [0, 0.05) is 37.1 Å². The number of anilines is 2. The average Bonchev–Trinajstić information content (AvgIpc) is 2.99. The molecule has 1 saturated heterocycles. The average molecular weight is 639 g/mol. The highest BCUT2D eigenvalue weighted by molar-refractivity contribution is 6.34. The first-order valence-electron chi connectivity index (χ1n) is 14.4. The fraction of sp³-hybridized carbons (Fsp3) is 0.344. The molecule has 4 heterocycles. The first-order valence-corrected chi connectivity index (χ1v) is 15.2. The van der Waals surface area contributed by atoms with Crippen LogP contribution in [0.2, 0.25) is 10.0 Å². The van der Waals surface area contributed by atoms with Crippen molar-refractivity contribution in [2.24, 2.45) is 0 Å². The smallest absolute Gasteiger partial charge is 0.355 e. The lowest BCUT2D eigenvalue weighted by Crippen LogP contribution is -2.58. The summed E-state index contributed by atoms with van der Waals surface area (Å²) in [5.74, 6) is -0.618. The van der Waals surface area contributed by atoms with Gasteiger partial charge in [0.25, 0.3) is 0 Å². The maximum Gasteiger partial charge on any atom is 0.355 e. The number of nitrogen functional groups attached to an aromatic ring is 1. The summed E-state index contributed by atoms with van der Waals surface area (Å²) >= 11 is 13.0. The zero-order valence-corrected chi connectivity index (χ0v) is 26.7. The van der Waals surface area contributed by atoms with E-state index in [2.05, 4.69) is 16.5 Å². The van der Waals surface area contributed by atoms with Crippen LogP contribution in [0.1, 0.15) is 51.8 Å². The lowest BCUT2D eigenvalue weighted by Gasteiger charge is -2.44. The van der Waals surface area contributed by atoms with E-state index < -0.39 is 11.5 Å². The van der Waals surface area contributed by atoms with E-state index in [0.29, 0.717) is 42.1 Å². The fourth-order valence-corrected chi connectivity index (χ4v) is 6.24. The SMILES string of the molecule is C=CC(=O)N1C[C@H](C)N(c2nc(=O)n(-c3c(CC)ccnc3C(C)C)c3nc(-c4c(N)ccc(Cl)c4F)c(Cl)cc23)C[C@H]1C. The molecule has 1 fully saturated rings. The number of nitrogens with zero attached hydrogens (tertiary/aromatic N) is 6. The molecule has 12 heteroatoms. The molecule has 1 aromatic carbocycles. The predicted molar refractivity (Wildman–Crippen MR) is 174 cm³/mol. The van der Waals surface area contributed by atoms with Crippen molar-refractivity contribution in [2.75, 3.05) is 23.7 Å². The molecule has 0 radical (unpaired) electrons. The minimum Gasteiger partial charge on any atom is -0.398 e. The number of amides is 1. The van der Waals surface area contributed by atoms with Gasteiger partial charge in [-0.25, -0.2) is 18.7 Å². The lowest BCUT2D eigenvalue weighted by atomic mass is 10.0. The second-order valence-electron chi connectivity index (χ2n) is 11.3. The Morgan fingerprint density at radius 3 is 2.55 bits per heavy atom. The molecule has 1 aliphatic rings. The van der Waals surface area contributed by atoms with Crippen molar-refractivity contribution in [1.82, 2.24) is 24.4 Å². The summed E-state index contributed by atoms with van der Waals surface area (Å²) in [6.45, 7) is 14.3. The number of hydrogen-bond acceptors (Lipinski definition) is 7. The van der Waals surface area contributed by atoms with Crippen molar-refractivity contribution in [2.45, 2.75) is 59.0 Å². The van der Waals surface area contributed by atoms with E-state index >= 15 is 4.39 Å². The maximum atomic E-state index is 15.5. The summed E-state index contributed by atoms with van der Waals surface area (Å²) in [6, 6.07) is 5.92. The number of carbonyl (C=O) groups is 1. The molecule has 9 nitrogen and oxygen atoms in total. The molecule has 2 atom stereocenters. The molecule has 5 rings (SSSR count). The van der Waals surface area contributed by atoms with E-state index in [1.165, 1.54) is 22.8 Å². The Balaban J connectivity index is 1.87. The molecular weight excluding hydrogens is 604 g/mol. The van der Waals surface area contributed by atoms with Crippen molar-refractivity contribution in [3.63, 3.8) is 0 Å². The Morgan fingerprint density at radius 2 is 1.89 bits per heavy atom. The maximum absolute atomic E-state index is 15.5. The number of piperazine rings is 1. The summed E-state index contributed by atoms with van der Waals surface area (Å²) in [5.41, 5.74) is 8.04. The number of hydrogen-bond donors (Lipinski definition) is 1. The number of fused-ring (bicyclic) bond motifs is 1. The third kappa shape index (κ3) is 5.30. The van der Waals surface area contributed by atoms with Gasteiger partial charge in [0.05, 0.1) is 38.1 Å². The van der Waals surface area contributed by atoms with E-state index in [1.807, 2.05) is 45.6 Å². The molecule has 230 valence electrons. The Morgan fingerprint density at radius 1 is 1.16 bits per heavy atom. The van der Waals surface area contributed by atoms with Crippen molar-refractivity contribution >= 4 is 51.6 Å². The Labute approximate surface area is 265 Å². The van der Waals surface area contributed by atoms with Crippen LogP contribution in [0.3, 0.4) is 0 Å². The molecule has 3 aromatic heterocycles. The van der Waals surface area contributed by atoms with Crippen LogP contribution >= 0.6 is 23.2 Å². The summed E-state index contributed by atoms with van der Waals surface area (Å²) in [4.78, 5) is 44.5. The van der Waals surface area contributed by atoms with Crippen molar-refractivity contribution in [3.05, 3.63) is 80.7 Å². The molecule has 0 unspecified atom stereocenters. The van der Waals surface area contributed by atoms with Gasteiger partial charge in [0.1, 0.15) is 5.82 Å². The summed E-state index contributed by atoms with van der Waals surface area (Å²) < 4.78 is 16.9. The zero-order chi connectivity index (χ0) is 32.0. The Bertz CT molecular complexity index is 1860. The topological polar surface area (TPSA) is 110 Å². The van der Waals surface area contributed by atoms with Crippen molar-refractivity contribution in [1.29, 1.82) is 0 Å². The van der Waals surface area contributed by atoms with Gasteiger partial charge in [-0.1, -0.05) is 50.6 Å². The van der Waals surface area contributed by atoms with Crippen LogP contribution in [0.25, 0.3) is 28.0 Å². The normalized spacial score (nSPS) is 17.0. The standard InChI is InChI=1S/C32H34Cl2FN7O2/c1-7-19-11-12-37-27(16(3)4)29(19)42-31-20(13-22(34)28(38-31)25-23(36)10-9-21(33)26(25)35)30(39-32(42)44)41-15-17(5)40(14-18(41)6)24(43)8-2/h8-13,16-18H,2,7,14-15,36H2,1,3-6H3/t17-,18+/m1/s1. The number of nitrogens with two attached hydrogens (primary N) is 1. The van der Waals surface area contributed by atoms with Gasteiger partial charge in [-0.2, -0.15) is 4.98 Å². The Kier molecular flexibility index (Phi) is 8.68. The molecule has 1 aliphatic heterocycles.